The molecule has 94 valence electrons. The molecule has 0 saturated heterocycles. The number of hydrogen-bond donors (Lipinski definition) is 1. The van der Waals surface area contributed by atoms with Crippen LogP contribution in [0.1, 0.15) is 30.9 Å². The molecule has 0 heterocycles. The van der Waals surface area contributed by atoms with Gasteiger partial charge in [-0.25, -0.2) is 4.79 Å². The summed E-state index contributed by atoms with van der Waals surface area (Å²) in [6.07, 6.45) is -0.943. The largest absolute Gasteiger partial charge is 0.496 e. The van der Waals surface area contributed by atoms with Crippen LogP contribution < -0.4 is 4.74 Å². The van der Waals surface area contributed by atoms with Crippen molar-refractivity contribution in [1.29, 1.82) is 0 Å². The van der Waals surface area contributed by atoms with Crippen LogP contribution in [0.3, 0.4) is 0 Å². The van der Waals surface area contributed by atoms with Gasteiger partial charge >= 0.3 is 6.09 Å². The van der Waals surface area contributed by atoms with Crippen molar-refractivity contribution < 1.29 is 14.6 Å². The molecule has 0 spiro atoms. The standard InChI is InChI=1S/C13H19NO3/c1-9(2)10-5-6-12(17-4)11(7-10)8-14(3)13(15)16/h5-7,9H,8H2,1-4H3,(H,15,16). The molecule has 4 heteroatoms. The predicted molar refractivity (Wildman–Crippen MR) is 66.6 cm³/mol. The Morgan fingerprint density at radius 1 is 1.47 bits per heavy atom. The first-order chi connectivity index (χ1) is 7.95. The quantitative estimate of drug-likeness (QED) is 0.875. The molecular formula is C13H19NO3. The molecule has 1 N–H and O–H groups in total. The summed E-state index contributed by atoms with van der Waals surface area (Å²) in [5.41, 5.74) is 2.07. The molecule has 0 bridgehead atoms. The van der Waals surface area contributed by atoms with Crippen molar-refractivity contribution in [3.05, 3.63) is 29.3 Å². The molecule has 1 aromatic carbocycles. The van der Waals surface area contributed by atoms with Gasteiger partial charge in [0.1, 0.15) is 5.75 Å². The van der Waals surface area contributed by atoms with Gasteiger partial charge in [0.05, 0.1) is 13.7 Å². The lowest BCUT2D eigenvalue weighted by molar-refractivity contribution is 0.153. The second kappa shape index (κ2) is 5.57. The van der Waals surface area contributed by atoms with Gasteiger partial charge in [0.2, 0.25) is 0 Å². The number of carbonyl (C=O) groups is 1. The maximum Gasteiger partial charge on any atom is 0.407 e. The zero-order valence-electron chi connectivity index (χ0n) is 10.7. The lowest BCUT2D eigenvalue weighted by Crippen LogP contribution is -2.24. The first-order valence-corrected chi connectivity index (χ1v) is 5.56. The highest BCUT2D eigenvalue weighted by Gasteiger charge is 2.12. The first-order valence-electron chi connectivity index (χ1n) is 5.56. The third kappa shape index (κ3) is 3.37. The minimum absolute atomic E-state index is 0.332. The number of rotatable bonds is 4. The van der Waals surface area contributed by atoms with E-state index in [1.165, 1.54) is 10.5 Å². The molecule has 1 rings (SSSR count). The number of benzene rings is 1. The molecule has 0 unspecified atom stereocenters. The number of nitrogens with zero attached hydrogens (tertiary/aromatic N) is 1. The second-order valence-corrected chi connectivity index (χ2v) is 4.36. The molecule has 1 aromatic rings. The van der Waals surface area contributed by atoms with Crippen LogP contribution in [-0.2, 0) is 6.54 Å². The molecule has 0 aliphatic rings. The highest BCUT2D eigenvalue weighted by atomic mass is 16.5. The summed E-state index contributed by atoms with van der Waals surface area (Å²) in [6, 6.07) is 5.90. The van der Waals surface area contributed by atoms with E-state index in [0.29, 0.717) is 12.5 Å². The van der Waals surface area contributed by atoms with Crippen molar-refractivity contribution in [2.75, 3.05) is 14.2 Å². The van der Waals surface area contributed by atoms with E-state index in [-0.39, 0.29) is 0 Å². The van der Waals surface area contributed by atoms with Gasteiger partial charge in [-0.3, -0.25) is 0 Å². The lowest BCUT2D eigenvalue weighted by atomic mass is 10.00. The monoisotopic (exact) mass is 237 g/mol. The third-order valence-corrected chi connectivity index (χ3v) is 2.71. The molecular weight excluding hydrogens is 218 g/mol. The van der Waals surface area contributed by atoms with E-state index in [1.807, 2.05) is 18.2 Å². The normalized spacial score (nSPS) is 10.4. The molecule has 0 radical (unpaired) electrons. The van der Waals surface area contributed by atoms with E-state index in [0.717, 1.165) is 11.3 Å². The highest BCUT2D eigenvalue weighted by molar-refractivity contribution is 5.64. The summed E-state index contributed by atoms with van der Waals surface area (Å²) in [4.78, 5) is 12.0. The summed E-state index contributed by atoms with van der Waals surface area (Å²) >= 11 is 0. The van der Waals surface area contributed by atoms with Crippen molar-refractivity contribution >= 4 is 6.09 Å². The molecule has 0 aliphatic heterocycles. The van der Waals surface area contributed by atoms with E-state index < -0.39 is 6.09 Å². The number of methoxy groups -OCH3 is 1. The number of carboxylic acid groups (broad SMARTS) is 1. The van der Waals surface area contributed by atoms with Crippen LogP contribution in [0.4, 0.5) is 4.79 Å². The molecule has 17 heavy (non-hydrogen) atoms. The zero-order valence-corrected chi connectivity index (χ0v) is 10.7. The summed E-state index contributed by atoms with van der Waals surface area (Å²) in [5, 5.41) is 8.87. The van der Waals surface area contributed by atoms with Gasteiger partial charge in [-0.05, 0) is 17.5 Å². The molecule has 0 aromatic heterocycles. The predicted octanol–water partition coefficient (Wildman–Crippen LogP) is 2.93. The average molecular weight is 237 g/mol. The minimum Gasteiger partial charge on any atom is -0.496 e. The summed E-state index contributed by atoms with van der Waals surface area (Å²) in [5.74, 6) is 1.14. The Morgan fingerprint density at radius 3 is 2.59 bits per heavy atom. The van der Waals surface area contributed by atoms with Gasteiger partial charge in [0, 0.05) is 12.6 Å². The van der Waals surface area contributed by atoms with Crippen LogP contribution in [0.15, 0.2) is 18.2 Å². The maximum absolute atomic E-state index is 10.8. The summed E-state index contributed by atoms with van der Waals surface area (Å²) < 4.78 is 5.24. The fraction of sp³-hybridized carbons (Fsp3) is 0.462. The van der Waals surface area contributed by atoms with Gasteiger partial charge < -0.3 is 14.7 Å². The smallest absolute Gasteiger partial charge is 0.407 e. The van der Waals surface area contributed by atoms with Crippen molar-refractivity contribution in [1.82, 2.24) is 4.90 Å². The Kier molecular flexibility index (Phi) is 4.37. The van der Waals surface area contributed by atoms with Crippen LogP contribution in [-0.4, -0.2) is 30.3 Å². The van der Waals surface area contributed by atoms with Gasteiger partial charge in [-0.15, -0.1) is 0 Å². The minimum atomic E-state index is -0.943. The van der Waals surface area contributed by atoms with Crippen LogP contribution >= 0.6 is 0 Å². The zero-order chi connectivity index (χ0) is 13.0. The fourth-order valence-corrected chi connectivity index (χ4v) is 1.60. The van der Waals surface area contributed by atoms with Crippen molar-refractivity contribution in [3.8, 4) is 5.75 Å². The molecule has 0 saturated carbocycles. The van der Waals surface area contributed by atoms with Crippen molar-refractivity contribution in [2.24, 2.45) is 0 Å². The second-order valence-electron chi connectivity index (χ2n) is 4.36. The van der Waals surface area contributed by atoms with Crippen LogP contribution in [0.25, 0.3) is 0 Å². The van der Waals surface area contributed by atoms with Crippen LogP contribution in [0, 0.1) is 0 Å². The Morgan fingerprint density at radius 2 is 2.12 bits per heavy atom. The molecule has 0 atom stereocenters. The molecule has 0 fully saturated rings. The Bertz CT molecular complexity index is 402. The third-order valence-electron chi connectivity index (χ3n) is 2.71. The van der Waals surface area contributed by atoms with Crippen LogP contribution in [0.5, 0.6) is 5.75 Å². The highest BCUT2D eigenvalue weighted by Crippen LogP contribution is 2.25. The first kappa shape index (κ1) is 13.4. The SMILES string of the molecule is COc1ccc(C(C)C)cc1CN(C)C(=O)O. The van der Waals surface area contributed by atoms with Gasteiger partial charge in [-0.1, -0.05) is 26.0 Å². The summed E-state index contributed by atoms with van der Waals surface area (Å²) in [7, 11) is 3.14. The van der Waals surface area contributed by atoms with E-state index in [9.17, 15) is 4.79 Å². The number of ether oxygens (including phenoxy) is 1. The average Bonchev–Trinajstić information content (AvgIpc) is 2.28. The fourth-order valence-electron chi connectivity index (χ4n) is 1.60. The Balaban J connectivity index is 3.01. The Hall–Kier alpha value is -1.71. The van der Waals surface area contributed by atoms with Gasteiger partial charge in [0.25, 0.3) is 0 Å². The van der Waals surface area contributed by atoms with Gasteiger partial charge in [0.15, 0.2) is 0 Å². The molecule has 0 aliphatic carbocycles. The maximum atomic E-state index is 10.8. The number of amides is 1. The molecule has 4 nitrogen and oxygen atoms in total. The number of hydrogen-bond acceptors (Lipinski definition) is 2. The van der Waals surface area contributed by atoms with E-state index in [2.05, 4.69) is 13.8 Å². The molecule has 1 amide bonds. The summed E-state index contributed by atoms with van der Waals surface area (Å²) in [6.45, 7) is 4.54. The van der Waals surface area contributed by atoms with Crippen molar-refractivity contribution in [3.63, 3.8) is 0 Å². The Labute approximate surface area is 102 Å². The van der Waals surface area contributed by atoms with Crippen LogP contribution in [0.2, 0.25) is 0 Å². The van der Waals surface area contributed by atoms with E-state index in [1.54, 1.807) is 14.2 Å². The van der Waals surface area contributed by atoms with E-state index >= 15 is 0 Å². The lowest BCUT2D eigenvalue weighted by Gasteiger charge is -2.17. The van der Waals surface area contributed by atoms with Gasteiger partial charge in [-0.2, -0.15) is 0 Å². The van der Waals surface area contributed by atoms with E-state index in [4.69, 9.17) is 9.84 Å². The topological polar surface area (TPSA) is 49.8 Å². The van der Waals surface area contributed by atoms with Crippen molar-refractivity contribution in [2.45, 2.75) is 26.3 Å².